The lowest BCUT2D eigenvalue weighted by molar-refractivity contribution is -0.132. The first-order chi connectivity index (χ1) is 11.5. The van der Waals surface area contributed by atoms with E-state index in [1.807, 2.05) is 18.2 Å². The zero-order valence-electron chi connectivity index (χ0n) is 13.6. The van der Waals surface area contributed by atoms with Crippen molar-refractivity contribution in [3.8, 4) is 0 Å². The summed E-state index contributed by atoms with van der Waals surface area (Å²) in [6.45, 7) is 3.13. The molecule has 1 saturated heterocycles. The fourth-order valence-electron chi connectivity index (χ4n) is 3.82. The fourth-order valence-corrected chi connectivity index (χ4v) is 5.68. The number of rotatable bonds is 2. The minimum absolute atomic E-state index is 0.108. The Morgan fingerprint density at radius 2 is 1.71 bits per heavy atom. The topological polar surface area (TPSA) is 57.7 Å². The average molecular weight is 344 g/mol. The Balaban J connectivity index is 1.79. The van der Waals surface area contributed by atoms with Crippen molar-refractivity contribution in [2.45, 2.75) is 37.1 Å². The molecule has 0 saturated carbocycles. The van der Waals surface area contributed by atoms with Gasteiger partial charge < -0.3 is 4.90 Å². The average Bonchev–Trinajstić information content (AvgIpc) is 2.84. The van der Waals surface area contributed by atoms with Gasteiger partial charge in [-0.05, 0) is 43.7 Å². The van der Waals surface area contributed by atoms with Crippen molar-refractivity contribution in [2.24, 2.45) is 0 Å². The summed E-state index contributed by atoms with van der Waals surface area (Å²) in [7, 11) is -3.70. The number of benzene rings is 2. The van der Waals surface area contributed by atoms with E-state index in [1.165, 1.54) is 4.31 Å². The van der Waals surface area contributed by atoms with E-state index in [4.69, 9.17) is 0 Å². The van der Waals surface area contributed by atoms with Crippen LogP contribution >= 0.6 is 0 Å². The molecule has 0 spiro atoms. The van der Waals surface area contributed by atoms with Crippen LogP contribution in [0.2, 0.25) is 0 Å². The van der Waals surface area contributed by atoms with Gasteiger partial charge in [0.15, 0.2) is 0 Å². The Hall–Kier alpha value is -2.08. The summed E-state index contributed by atoms with van der Waals surface area (Å²) in [6, 6.07) is 10.1. The largest absolute Gasteiger partial charge is 0.341 e. The maximum Gasteiger partial charge on any atom is 0.265 e. The molecule has 2 aromatic carbocycles. The van der Waals surface area contributed by atoms with Crippen LogP contribution in [0.5, 0.6) is 0 Å². The first-order valence-electron chi connectivity index (χ1n) is 8.37. The Morgan fingerprint density at radius 3 is 2.42 bits per heavy atom. The highest BCUT2D eigenvalue weighted by Gasteiger charge is 2.41. The van der Waals surface area contributed by atoms with Crippen molar-refractivity contribution in [1.82, 2.24) is 4.90 Å². The van der Waals surface area contributed by atoms with Crippen molar-refractivity contribution in [3.05, 3.63) is 36.4 Å². The van der Waals surface area contributed by atoms with E-state index >= 15 is 0 Å². The number of hydrogen-bond acceptors (Lipinski definition) is 3. The van der Waals surface area contributed by atoms with Crippen molar-refractivity contribution < 1.29 is 13.2 Å². The third-order valence-electron chi connectivity index (χ3n) is 5.00. The quantitative estimate of drug-likeness (QED) is 0.842. The molecule has 0 bridgehead atoms. The van der Waals surface area contributed by atoms with E-state index in [0.29, 0.717) is 23.7 Å². The van der Waals surface area contributed by atoms with Crippen molar-refractivity contribution in [1.29, 1.82) is 0 Å². The van der Waals surface area contributed by atoms with Crippen LogP contribution in [0.4, 0.5) is 5.69 Å². The van der Waals surface area contributed by atoms with E-state index in [1.54, 1.807) is 30.0 Å². The third-order valence-corrected chi connectivity index (χ3v) is 6.92. The van der Waals surface area contributed by atoms with E-state index in [9.17, 15) is 13.2 Å². The highest BCUT2D eigenvalue weighted by atomic mass is 32.2. The number of sulfonamides is 1. The highest BCUT2D eigenvalue weighted by Crippen LogP contribution is 2.43. The first kappa shape index (κ1) is 15.4. The summed E-state index contributed by atoms with van der Waals surface area (Å²) in [5, 5.41) is 1.60. The van der Waals surface area contributed by atoms with Gasteiger partial charge in [-0.25, -0.2) is 8.42 Å². The van der Waals surface area contributed by atoms with E-state index in [0.717, 1.165) is 30.0 Å². The second-order valence-corrected chi connectivity index (χ2v) is 8.28. The molecule has 1 amide bonds. The summed E-state index contributed by atoms with van der Waals surface area (Å²) < 4.78 is 27.4. The van der Waals surface area contributed by atoms with Gasteiger partial charge in [0.25, 0.3) is 10.0 Å². The van der Waals surface area contributed by atoms with Gasteiger partial charge in [0.05, 0.1) is 10.6 Å². The van der Waals surface area contributed by atoms with E-state index < -0.39 is 16.1 Å². The lowest BCUT2D eigenvalue weighted by Gasteiger charge is -2.33. The lowest BCUT2D eigenvalue weighted by Crippen LogP contribution is -2.49. The molecular formula is C18H20N2O3S. The first-order valence-corrected chi connectivity index (χ1v) is 9.81. The van der Waals surface area contributed by atoms with E-state index in [-0.39, 0.29) is 5.91 Å². The zero-order valence-corrected chi connectivity index (χ0v) is 14.4. The molecule has 2 heterocycles. The Bertz CT molecular complexity index is 912. The molecule has 1 atom stereocenters. The molecule has 0 aromatic heterocycles. The van der Waals surface area contributed by atoms with Crippen LogP contribution in [0.3, 0.4) is 0 Å². The van der Waals surface area contributed by atoms with Crippen LogP contribution in [0, 0.1) is 0 Å². The summed E-state index contributed by atoms with van der Waals surface area (Å²) >= 11 is 0. The number of carbonyl (C=O) groups is 1. The molecule has 1 fully saturated rings. The van der Waals surface area contributed by atoms with Gasteiger partial charge in [-0.2, -0.15) is 0 Å². The second kappa shape index (κ2) is 5.48. The van der Waals surface area contributed by atoms with Crippen molar-refractivity contribution >= 4 is 32.4 Å². The molecule has 0 N–H and O–H groups in total. The maximum atomic E-state index is 13.0. The van der Waals surface area contributed by atoms with Gasteiger partial charge >= 0.3 is 0 Å². The molecule has 0 radical (unpaired) electrons. The molecule has 24 heavy (non-hydrogen) atoms. The molecular weight excluding hydrogens is 324 g/mol. The third kappa shape index (κ3) is 2.13. The van der Waals surface area contributed by atoms with Crippen LogP contribution in [-0.2, 0) is 14.8 Å². The number of hydrogen-bond donors (Lipinski definition) is 0. The van der Waals surface area contributed by atoms with Crippen molar-refractivity contribution in [3.63, 3.8) is 0 Å². The molecule has 2 aliphatic heterocycles. The van der Waals surface area contributed by atoms with Gasteiger partial charge in [0.1, 0.15) is 6.04 Å². The molecule has 0 aliphatic carbocycles. The number of likely N-dealkylation sites (tertiary alicyclic amines) is 1. The van der Waals surface area contributed by atoms with Crippen LogP contribution < -0.4 is 4.31 Å². The van der Waals surface area contributed by atoms with Crippen LogP contribution in [0.15, 0.2) is 41.3 Å². The van der Waals surface area contributed by atoms with Crippen LogP contribution in [0.1, 0.15) is 26.2 Å². The summed E-state index contributed by atoms with van der Waals surface area (Å²) in [4.78, 5) is 15.0. The molecule has 2 aliphatic rings. The van der Waals surface area contributed by atoms with Gasteiger partial charge in [-0.3, -0.25) is 9.10 Å². The summed E-state index contributed by atoms with van der Waals surface area (Å²) in [5.41, 5.74) is 0.612. The summed E-state index contributed by atoms with van der Waals surface area (Å²) in [5.74, 6) is -0.108. The van der Waals surface area contributed by atoms with E-state index in [2.05, 4.69) is 0 Å². The maximum absolute atomic E-state index is 13.0. The SMILES string of the molecule is C[C@H](C(=O)N1CCCCC1)N1c2cccc3cccc(c23)S1(=O)=O. The van der Waals surface area contributed by atoms with Gasteiger partial charge in [0, 0.05) is 18.5 Å². The van der Waals surface area contributed by atoms with Gasteiger partial charge in [-0.1, -0.05) is 24.3 Å². The molecule has 0 unspecified atom stereocenters. The minimum Gasteiger partial charge on any atom is -0.341 e. The predicted octanol–water partition coefficient (Wildman–Crippen LogP) is 2.75. The fraction of sp³-hybridized carbons (Fsp3) is 0.389. The van der Waals surface area contributed by atoms with Crippen LogP contribution in [-0.4, -0.2) is 38.4 Å². The molecule has 4 rings (SSSR count). The monoisotopic (exact) mass is 344 g/mol. The normalized spacial score (nSPS) is 20.4. The standard InChI is InChI=1S/C18H20N2O3S/c1-13(18(21)19-11-3-2-4-12-19)20-15-9-5-7-14-8-6-10-16(17(14)15)24(20,22)23/h5-10,13H,2-4,11-12H2,1H3/t13-/m1/s1. The number of piperidine rings is 1. The molecule has 2 aromatic rings. The number of anilines is 1. The lowest BCUT2D eigenvalue weighted by atomic mass is 10.1. The Morgan fingerprint density at radius 1 is 1.04 bits per heavy atom. The zero-order chi connectivity index (χ0) is 16.9. The van der Waals surface area contributed by atoms with Crippen molar-refractivity contribution in [2.75, 3.05) is 17.4 Å². The Labute approximate surface area is 141 Å². The van der Waals surface area contributed by atoms with Crippen LogP contribution in [0.25, 0.3) is 10.8 Å². The minimum atomic E-state index is -3.70. The van der Waals surface area contributed by atoms with Gasteiger partial charge in [-0.15, -0.1) is 0 Å². The number of carbonyl (C=O) groups excluding carboxylic acids is 1. The number of amides is 1. The highest BCUT2D eigenvalue weighted by molar-refractivity contribution is 7.93. The molecule has 6 heteroatoms. The smallest absolute Gasteiger partial charge is 0.265 e. The molecule has 126 valence electrons. The second-order valence-electron chi connectivity index (χ2n) is 6.49. The number of nitrogens with zero attached hydrogens (tertiary/aromatic N) is 2. The molecule has 5 nitrogen and oxygen atoms in total. The Kier molecular flexibility index (Phi) is 3.53. The van der Waals surface area contributed by atoms with Gasteiger partial charge in [0.2, 0.25) is 5.91 Å². The predicted molar refractivity (Wildman–Crippen MR) is 93.5 cm³/mol. The summed E-state index contributed by atoms with van der Waals surface area (Å²) in [6.07, 6.45) is 3.10.